The van der Waals surface area contributed by atoms with E-state index in [9.17, 15) is 0 Å². The Hall–Kier alpha value is -6.68. The third kappa shape index (κ3) is 4.86. The first kappa shape index (κ1) is 30.0. The fourth-order valence-electron chi connectivity index (χ4n) is 8.09. The van der Waals surface area contributed by atoms with Gasteiger partial charge in [0.25, 0.3) is 0 Å². The lowest BCUT2D eigenvalue weighted by molar-refractivity contribution is 0.670. The summed E-state index contributed by atoms with van der Waals surface area (Å²) in [5, 5.41) is 9.62. The van der Waals surface area contributed by atoms with Crippen LogP contribution in [0, 0.1) is 0 Å². The molecule has 0 bridgehead atoms. The van der Waals surface area contributed by atoms with Gasteiger partial charge in [-0.3, -0.25) is 0 Å². The Morgan fingerprint density at radius 1 is 0.358 bits per heavy atom. The highest BCUT2D eigenvalue weighted by Gasteiger charge is 2.22. The zero-order valence-corrected chi connectivity index (χ0v) is 29.5. The molecule has 2 aromatic heterocycles. The Balaban J connectivity index is 1.09. The molecule has 11 aromatic rings. The first-order chi connectivity index (χ1) is 26.3. The Bertz CT molecular complexity index is 3180. The minimum absolute atomic E-state index is 0.867. The van der Waals surface area contributed by atoms with Gasteiger partial charge in [0.15, 0.2) is 5.58 Å². The number of thiophene rings is 1. The zero-order chi connectivity index (χ0) is 34.9. The van der Waals surface area contributed by atoms with Crippen molar-refractivity contribution in [2.24, 2.45) is 0 Å². The second kappa shape index (κ2) is 11.9. The molecule has 2 nitrogen and oxygen atoms in total. The van der Waals surface area contributed by atoms with Crippen molar-refractivity contribution in [2.45, 2.75) is 0 Å². The van der Waals surface area contributed by atoms with Gasteiger partial charge in [-0.15, -0.1) is 11.3 Å². The minimum Gasteiger partial charge on any atom is -0.453 e. The van der Waals surface area contributed by atoms with Crippen LogP contribution < -0.4 is 4.90 Å². The van der Waals surface area contributed by atoms with Crippen LogP contribution in [0.15, 0.2) is 192 Å². The van der Waals surface area contributed by atoms with E-state index in [1.54, 1.807) is 0 Å². The van der Waals surface area contributed by atoms with Gasteiger partial charge in [-0.1, -0.05) is 146 Å². The van der Waals surface area contributed by atoms with Gasteiger partial charge in [0.1, 0.15) is 5.58 Å². The highest BCUT2D eigenvalue weighted by atomic mass is 32.1. The predicted octanol–water partition coefficient (Wildman–Crippen LogP) is 15.1. The number of anilines is 3. The molecule has 0 saturated heterocycles. The standard InChI is InChI=1S/C50H31NOS/c1-2-11-33(12-3-1)40-17-9-18-43-44-19-10-21-46(50(44)52-49(40)43)51(45-20-8-14-32-13-4-5-15-39(32)45)38-27-25-35-29-34(23-24-36(35)30-38)37-26-28-42-41-16-6-7-22-47(41)53-48(42)31-37/h1-31H. The summed E-state index contributed by atoms with van der Waals surface area (Å²) in [5.41, 5.74) is 9.63. The van der Waals surface area contributed by atoms with Crippen LogP contribution in [0.3, 0.4) is 0 Å². The van der Waals surface area contributed by atoms with Crippen molar-refractivity contribution >= 4 is 92.1 Å². The van der Waals surface area contributed by atoms with E-state index in [-0.39, 0.29) is 0 Å². The molecular weight excluding hydrogens is 663 g/mol. The fraction of sp³-hybridized carbons (Fsp3) is 0. The third-order valence-electron chi connectivity index (χ3n) is 10.6. The molecule has 2 heterocycles. The number of para-hydroxylation sites is 2. The Morgan fingerprint density at radius 3 is 1.92 bits per heavy atom. The van der Waals surface area contributed by atoms with Gasteiger partial charge in [-0.25, -0.2) is 0 Å². The summed E-state index contributed by atoms with van der Waals surface area (Å²) in [6, 6.07) is 67.9. The smallest absolute Gasteiger partial charge is 0.159 e. The molecule has 9 aromatic carbocycles. The number of furan rings is 1. The molecule has 0 fully saturated rings. The average molecular weight is 694 g/mol. The summed E-state index contributed by atoms with van der Waals surface area (Å²) in [5.74, 6) is 0. The summed E-state index contributed by atoms with van der Waals surface area (Å²) in [6.45, 7) is 0. The first-order valence-electron chi connectivity index (χ1n) is 18.0. The number of hydrogen-bond donors (Lipinski definition) is 0. The third-order valence-corrected chi connectivity index (χ3v) is 11.8. The van der Waals surface area contributed by atoms with Crippen LogP contribution >= 0.6 is 11.3 Å². The highest BCUT2D eigenvalue weighted by molar-refractivity contribution is 7.25. The molecule has 0 radical (unpaired) electrons. The molecule has 0 saturated carbocycles. The molecular formula is C50H31NOS. The van der Waals surface area contributed by atoms with Crippen LogP contribution in [0.2, 0.25) is 0 Å². The Morgan fingerprint density at radius 2 is 1.00 bits per heavy atom. The molecule has 53 heavy (non-hydrogen) atoms. The SMILES string of the molecule is c1ccc(-c2cccc3c2oc2c(N(c4ccc5cc(-c6ccc7c(c6)sc6ccccc67)ccc5c4)c4cccc5ccccc45)cccc23)cc1. The van der Waals surface area contributed by atoms with E-state index in [0.29, 0.717) is 0 Å². The molecule has 0 spiro atoms. The molecule has 0 atom stereocenters. The summed E-state index contributed by atoms with van der Waals surface area (Å²) >= 11 is 1.86. The van der Waals surface area contributed by atoms with Gasteiger partial charge in [0.05, 0.1) is 11.4 Å². The molecule has 0 N–H and O–H groups in total. The van der Waals surface area contributed by atoms with E-state index in [1.165, 1.54) is 52.8 Å². The van der Waals surface area contributed by atoms with Crippen LogP contribution in [0.1, 0.15) is 0 Å². The van der Waals surface area contributed by atoms with Crippen LogP contribution in [0.4, 0.5) is 17.1 Å². The first-order valence-corrected chi connectivity index (χ1v) is 18.8. The second-order valence-electron chi connectivity index (χ2n) is 13.7. The van der Waals surface area contributed by atoms with Crippen molar-refractivity contribution in [2.75, 3.05) is 4.90 Å². The van der Waals surface area contributed by atoms with Gasteiger partial charge >= 0.3 is 0 Å². The van der Waals surface area contributed by atoms with E-state index in [0.717, 1.165) is 50.1 Å². The van der Waals surface area contributed by atoms with Gasteiger partial charge in [-0.2, -0.15) is 0 Å². The molecule has 3 heteroatoms. The van der Waals surface area contributed by atoms with Crippen LogP contribution in [0.25, 0.3) is 85.9 Å². The van der Waals surface area contributed by atoms with E-state index >= 15 is 0 Å². The number of hydrogen-bond acceptors (Lipinski definition) is 3. The minimum atomic E-state index is 0.867. The number of benzene rings is 9. The Labute approximate surface area is 310 Å². The van der Waals surface area contributed by atoms with E-state index in [4.69, 9.17) is 4.42 Å². The summed E-state index contributed by atoms with van der Waals surface area (Å²) < 4.78 is 9.62. The van der Waals surface area contributed by atoms with Crippen molar-refractivity contribution in [1.29, 1.82) is 0 Å². The topological polar surface area (TPSA) is 16.4 Å². The van der Waals surface area contributed by atoms with E-state index in [1.807, 2.05) is 11.3 Å². The van der Waals surface area contributed by atoms with Crippen molar-refractivity contribution in [3.8, 4) is 22.3 Å². The van der Waals surface area contributed by atoms with Gasteiger partial charge in [-0.05, 0) is 75.3 Å². The van der Waals surface area contributed by atoms with Gasteiger partial charge < -0.3 is 9.32 Å². The zero-order valence-electron chi connectivity index (χ0n) is 28.7. The number of fused-ring (bicyclic) bond motifs is 8. The molecule has 248 valence electrons. The second-order valence-corrected chi connectivity index (χ2v) is 14.8. The summed E-state index contributed by atoms with van der Waals surface area (Å²) in [6.07, 6.45) is 0. The normalized spacial score (nSPS) is 11.8. The highest BCUT2D eigenvalue weighted by Crippen LogP contribution is 2.46. The monoisotopic (exact) mass is 693 g/mol. The maximum absolute atomic E-state index is 6.97. The van der Waals surface area contributed by atoms with Crippen molar-refractivity contribution in [3.05, 3.63) is 188 Å². The van der Waals surface area contributed by atoms with Gasteiger partial charge in [0, 0.05) is 47.6 Å². The molecule has 0 amide bonds. The lowest BCUT2D eigenvalue weighted by Gasteiger charge is -2.27. The lowest BCUT2D eigenvalue weighted by Crippen LogP contribution is -2.10. The van der Waals surface area contributed by atoms with Crippen molar-refractivity contribution in [3.63, 3.8) is 0 Å². The van der Waals surface area contributed by atoms with Crippen molar-refractivity contribution in [1.82, 2.24) is 0 Å². The van der Waals surface area contributed by atoms with Crippen molar-refractivity contribution < 1.29 is 4.42 Å². The van der Waals surface area contributed by atoms with Crippen LogP contribution in [-0.4, -0.2) is 0 Å². The van der Waals surface area contributed by atoms with Gasteiger partial charge in [0.2, 0.25) is 0 Å². The molecule has 0 aliphatic rings. The molecule has 11 rings (SSSR count). The Kier molecular flexibility index (Phi) is 6.76. The molecule has 0 aliphatic heterocycles. The quantitative estimate of drug-likeness (QED) is 0.178. The van der Waals surface area contributed by atoms with Crippen LogP contribution in [0.5, 0.6) is 0 Å². The van der Waals surface area contributed by atoms with E-state index in [2.05, 4.69) is 193 Å². The maximum Gasteiger partial charge on any atom is 0.159 e. The van der Waals surface area contributed by atoms with E-state index < -0.39 is 0 Å². The summed E-state index contributed by atoms with van der Waals surface area (Å²) in [4.78, 5) is 2.37. The van der Waals surface area contributed by atoms with Crippen LogP contribution in [-0.2, 0) is 0 Å². The summed E-state index contributed by atoms with van der Waals surface area (Å²) in [7, 11) is 0. The molecule has 0 unspecified atom stereocenters. The number of rotatable bonds is 5. The lowest BCUT2D eigenvalue weighted by atomic mass is 9.99. The largest absolute Gasteiger partial charge is 0.453 e. The maximum atomic E-state index is 6.97. The molecule has 0 aliphatic carbocycles. The predicted molar refractivity (Wildman–Crippen MR) is 227 cm³/mol. The fourth-order valence-corrected chi connectivity index (χ4v) is 9.24. The average Bonchev–Trinajstić information content (AvgIpc) is 3.80. The number of nitrogens with zero attached hydrogens (tertiary/aromatic N) is 1.